The number of amides is 2. The Morgan fingerprint density at radius 2 is 1.65 bits per heavy atom. The van der Waals surface area contributed by atoms with Gasteiger partial charge in [0.1, 0.15) is 12.6 Å². The van der Waals surface area contributed by atoms with E-state index >= 15 is 0 Å². The van der Waals surface area contributed by atoms with Crippen LogP contribution in [0.25, 0.3) is 0 Å². The fourth-order valence-electron chi connectivity index (χ4n) is 3.48. The molecule has 10 heteroatoms. The first-order valence-corrected chi connectivity index (χ1v) is 13.7. The summed E-state index contributed by atoms with van der Waals surface area (Å²) in [5, 5.41) is 3.48. The topological polar surface area (TPSA) is 86.8 Å². The van der Waals surface area contributed by atoms with Crippen molar-refractivity contribution in [2.75, 3.05) is 23.7 Å². The molecular weight excluding hydrogens is 497 g/mol. The molecule has 0 spiro atoms. The third-order valence-corrected chi connectivity index (χ3v) is 7.26. The van der Waals surface area contributed by atoms with E-state index < -0.39 is 28.5 Å². The summed E-state index contributed by atoms with van der Waals surface area (Å²) in [6, 6.07) is 11.1. The maximum atomic E-state index is 13.6. The number of hydrogen-bond acceptors (Lipinski definition) is 4. The fourth-order valence-corrected chi connectivity index (χ4v) is 4.88. The second kappa shape index (κ2) is 12.4. The van der Waals surface area contributed by atoms with E-state index in [4.69, 9.17) is 23.2 Å². The van der Waals surface area contributed by atoms with E-state index in [1.54, 1.807) is 37.3 Å². The highest BCUT2D eigenvalue weighted by molar-refractivity contribution is 7.92. The Morgan fingerprint density at radius 3 is 2.21 bits per heavy atom. The van der Waals surface area contributed by atoms with Crippen molar-refractivity contribution in [3.05, 3.63) is 63.6 Å². The highest BCUT2D eigenvalue weighted by Crippen LogP contribution is 2.28. The van der Waals surface area contributed by atoms with Crippen LogP contribution in [-0.4, -0.2) is 50.5 Å². The number of carbonyl (C=O) groups excluding carboxylic acids is 2. The number of aryl methyl sites for hydroxylation is 1. The number of nitrogens with zero attached hydrogens (tertiary/aromatic N) is 2. The molecule has 7 nitrogen and oxygen atoms in total. The Labute approximate surface area is 212 Å². The largest absolute Gasteiger partial charge is 0.354 e. The zero-order chi connectivity index (χ0) is 25.5. The molecule has 0 saturated carbocycles. The van der Waals surface area contributed by atoms with E-state index in [2.05, 4.69) is 5.32 Å². The van der Waals surface area contributed by atoms with Crippen LogP contribution in [-0.2, 0) is 32.6 Å². The molecule has 0 heterocycles. The summed E-state index contributed by atoms with van der Waals surface area (Å²) in [4.78, 5) is 27.6. The Hall–Kier alpha value is -2.29. The second-order valence-corrected chi connectivity index (χ2v) is 10.7. The summed E-state index contributed by atoms with van der Waals surface area (Å²) in [5.41, 5.74) is 1.70. The second-order valence-electron chi connectivity index (χ2n) is 7.94. The molecular formula is C24H31Cl2N3O4S. The van der Waals surface area contributed by atoms with E-state index in [0.717, 1.165) is 22.5 Å². The number of carbonyl (C=O) groups is 2. The lowest BCUT2D eigenvalue weighted by Gasteiger charge is -2.32. The fraction of sp³-hybridized carbons (Fsp3) is 0.417. The molecule has 34 heavy (non-hydrogen) atoms. The van der Waals surface area contributed by atoms with Crippen LogP contribution in [0.15, 0.2) is 42.5 Å². The highest BCUT2D eigenvalue weighted by atomic mass is 35.5. The van der Waals surface area contributed by atoms with Crippen LogP contribution in [0.5, 0.6) is 0 Å². The summed E-state index contributed by atoms with van der Waals surface area (Å²) in [7, 11) is -3.80. The third kappa shape index (κ3) is 7.10. The number of sulfonamides is 1. The third-order valence-electron chi connectivity index (χ3n) is 5.43. The van der Waals surface area contributed by atoms with Crippen molar-refractivity contribution in [1.82, 2.24) is 10.2 Å². The molecule has 0 saturated heterocycles. The van der Waals surface area contributed by atoms with Gasteiger partial charge in [-0.25, -0.2) is 8.42 Å². The molecule has 0 aliphatic rings. The van der Waals surface area contributed by atoms with Crippen molar-refractivity contribution in [3.63, 3.8) is 0 Å². The zero-order valence-electron chi connectivity index (χ0n) is 19.8. The van der Waals surface area contributed by atoms with Gasteiger partial charge in [0.25, 0.3) is 0 Å². The molecule has 0 bridgehead atoms. The van der Waals surface area contributed by atoms with Crippen LogP contribution in [0.1, 0.15) is 38.3 Å². The van der Waals surface area contributed by atoms with Crippen LogP contribution >= 0.6 is 23.2 Å². The van der Waals surface area contributed by atoms with Gasteiger partial charge >= 0.3 is 0 Å². The zero-order valence-corrected chi connectivity index (χ0v) is 22.2. The number of rotatable bonds is 11. The molecule has 186 valence electrons. The summed E-state index contributed by atoms with van der Waals surface area (Å²) in [6.45, 7) is 5.36. The molecule has 0 unspecified atom stereocenters. The highest BCUT2D eigenvalue weighted by Gasteiger charge is 2.31. The Balaban J connectivity index is 2.47. The lowest BCUT2D eigenvalue weighted by Crippen LogP contribution is -2.51. The number of nitrogens with one attached hydrogen (secondary N) is 1. The first-order chi connectivity index (χ1) is 16.0. The minimum Gasteiger partial charge on any atom is -0.354 e. The quantitative estimate of drug-likeness (QED) is 0.472. The van der Waals surface area contributed by atoms with Gasteiger partial charge in [0.05, 0.1) is 11.9 Å². The van der Waals surface area contributed by atoms with Gasteiger partial charge < -0.3 is 10.2 Å². The van der Waals surface area contributed by atoms with E-state index in [1.165, 1.54) is 4.90 Å². The van der Waals surface area contributed by atoms with Gasteiger partial charge in [0.2, 0.25) is 21.8 Å². The molecule has 1 atom stereocenters. The molecule has 0 radical (unpaired) electrons. The first-order valence-electron chi connectivity index (χ1n) is 11.1. The van der Waals surface area contributed by atoms with Gasteiger partial charge in [0, 0.05) is 28.7 Å². The standard InChI is InChI=1S/C24H31Cl2N3O4S/c1-5-14-27-24(31)17(3)28(15-19-20(25)11-9-12-21(19)26)23(30)16-29(34(4,32)33)22-13-8-7-10-18(22)6-2/h7-13,17H,5-6,14-16H2,1-4H3,(H,27,31)/t17-/m1/s1. The summed E-state index contributed by atoms with van der Waals surface area (Å²) < 4.78 is 26.5. The SMILES string of the molecule is CCCNC(=O)[C@@H](C)N(Cc1c(Cl)cccc1Cl)C(=O)CN(c1ccccc1CC)S(C)(=O)=O. The number of benzene rings is 2. The van der Waals surface area contributed by atoms with Crippen LogP contribution < -0.4 is 9.62 Å². The number of anilines is 1. The van der Waals surface area contributed by atoms with Gasteiger partial charge in [-0.1, -0.05) is 61.3 Å². The molecule has 0 fully saturated rings. The predicted molar refractivity (Wildman–Crippen MR) is 138 cm³/mol. The van der Waals surface area contributed by atoms with E-state index in [1.807, 2.05) is 26.0 Å². The molecule has 2 amide bonds. The Bertz CT molecular complexity index is 1100. The predicted octanol–water partition coefficient (Wildman–Crippen LogP) is 4.27. The maximum Gasteiger partial charge on any atom is 0.244 e. The molecule has 0 aliphatic carbocycles. The average molecular weight is 529 g/mol. The van der Waals surface area contributed by atoms with E-state index in [9.17, 15) is 18.0 Å². The van der Waals surface area contributed by atoms with E-state index in [-0.39, 0.29) is 12.5 Å². The van der Waals surface area contributed by atoms with Crippen LogP contribution in [0.3, 0.4) is 0 Å². The average Bonchev–Trinajstić information content (AvgIpc) is 2.79. The van der Waals surface area contributed by atoms with E-state index in [0.29, 0.717) is 34.3 Å². The lowest BCUT2D eigenvalue weighted by atomic mass is 10.1. The van der Waals surface area contributed by atoms with Gasteiger partial charge in [-0.05, 0) is 43.5 Å². The van der Waals surface area contributed by atoms with Crippen molar-refractivity contribution in [3.8, 4) is 0 Å². The molecule has 0 aromatic heterocycles. The minimum atomic E-state index is -3.80. The van der Waals surface area contributed by atoms with Crippen LogP contribution in [0.2, 0.25) is 10.0 Å². The maximum absolute atomic E-state index is 13.6. The van der Waals surface area contributed by atoms with Crippen molar-refractivity contribution in [1.29, 1.82) is 0 Å². The van der Waals surface area contributed by atoms with Crippen molar-refractivity contribution >= 4 is 50.7 Å². The van der Waals surface area contributed by atoms with Crippen molar-refractivity contribution in [2.24, 2.45) is 0 Å². The monoisotopic (exact) mass is 527 g/mol. The first kappa shape index (κ1) is 28.0. The molecule has 2 rings (SSSR count). The smallest absolute Gasteiger partial charge is 0.244 e. The van der Waals surface area contributed by atoms with Gasteiger partial charge in [0.15, 0.2) is 0 Å². The minimum absolute atomic E-state index is 0.0505. The molecule has 1 N–H and O–H groups in total. The normalized spacial score (nSPS) is 12.2. The molecule has 2 aromatic rings. The van der Waals surface area contributed by atoms with Gasteiger partial charge in [-0.15, -0.1) is 0 Å². The summed E-state index contributed by atoms with van der Waals surface area (Å²) in [5.74, 6) is -0.898. The number of halogens is 2. The summed E-state index contributed by atoms with van der Waals surface area (Å²) in [6.07, 6.45) is 2.38. The van der Waals surface area contributed by atoms with Crippen molar-refractivity contribution < 1.29 is 18.0 Å². The van der Waals surface area contributed by atoms with Crippen molar-refractivity contribution in [2.45, 2.75) is 46.2 Å². The Kier molecular flexibility index (Phi) is 10.2. The van der Waals surface area contributed by atoms with Crippen LogP contribution in [0.4, 0.5) is 5.69 Å². The molecule has 2 aromatic carbocycles. The molecule has 0 aliphatic heterocycles. The summed E-state index contributed by atoms with van der Waals surface area (Å²) >= 11 is 12.7. The number of para-hydroxylation sites is 1. The Morgan fingerprint density at radius 1 is 1.03 bits per heavy atom. The number of hydrogen-bond donors (Lipinski definition) is 1. The van der Waals surface area contributed by atoms with Gasteiger partial charge in [-0.2, -0.15) is 0 Å². The van der Waals surface area contributed by atoms with Crippen LogP contribution in [0, 0.1) is 0 Å². The van der Waals surface area contributed by atoms with Gasteiger partial charge in [-0.3, -0.25) is 13.9 Å². The lowest BCUT2D eigenvalue weighted by molar-refractivity contribution is -0.139.